The van der Waals surface area contributed by atoms with Gasteiger partial charge < -0.3 is 14.2 Å². The number of ether oxygens (including phenoxy) is 1. The predicted octanol–water partition coefficient (Wildman–Crippen LogP) is 0.977. The molecule has 0 aliphatic carbocycles. The van der Waals surface area contributed by atoms with Crippen molar-refractivity contribution in [2.45, 2.75) is 19.9 Å². The van der Waals surface area contributed by atoms with E-state index in [1.165, 1.54) is 15.5 Å². The van der Waals surface area contributed by atoms with Gasteiger partial charge in [0.25, 0.3) is 11.5 Å². The average molecular weight is 252 g/mol. The van der Waals surface area contributed by atoms with E-state index in [-0.39, 0.29) is 11.5 Å². The first-order valence-electron chi connectivity index (χ1n) is 6.06. The van der Waals surface area contributed by atoms with Crippen molar-refractivity contribution in [2.24, 2.45) is 0 Å². The lowest BCUT2D eigenvalue weighted by Crippen LogP contribution is -2.26. The van der Waals surface area contributed by atoms with Gasteiger partial charge in [-0.2, -0.15) is 0 Å². The Balaban J connectivity index is 2.75. The molecule has 0 atom stereocenters. The molecule has 1 aromatic heterocycles. The molecular weight excluding hydrogens is 232 g/mol. The predicted molar refractivity (Wildman–Crippen MR) is 69.8 cm³/mol. The topological polar surface area (TPSA) is 51.5 Å². The van der Waals surface area contributed by atoms with E-state index in [0.29, 0.717) is 25.3 Å². The van der Waals surface area contributed by atoms with E-state index < -0.39 is 0 Å². The van der Waals surface area contributed by atoms with Crippen LogP contribution in [0.1, 0.15) is 23.7 Å². The molecule has 0 bridgehead atoms. The maximum absolute atomic E-state index is 11.8. The Bertz CT molecular complexity index is 452. The summed E-state index contributed by atoms with van der Waals surface area (Å²) in [5.41, 5.74) is 0.389. The smallest absolute Gasteiger partial charge is 0.254 e. The van der Waals surface area contributed by atoms with Gasteiger partial charge in [0.2, 0.25) is 0 Å². The van der Waals surface area contributed by atoms with Gasteiger partial charge in [0.1, 0.15) is 0 Å². The Morgan fingerprint density at radius 2 is 2.06 bits per heavy atom. The summed E-state index contributed by atoms with van der Waals surface area (Å²) in [4.78, 5) is 24.9. The van der Waals surface area contributed by atoms with Crippen LogP contribution in [0.2, 0.25) is 0 Å². The van der Waals surface area contributed by atoms with Crippen molar-refractivity contribution in [1.29, 1.82) is 0 Å². The molecule has 1 amide bonds. The second-order valence-electron chi connectivity index (χ2n) is 4.26. The number of rotatable bonds is 6. The zero-order valence-corrected chi connectivity index (χ0v) is 11.2. The van der Waals surface area contributed by atoms with E-state index in [1.807, 2.05) is 6.92 Å². The second kappa shape index (κ2) is 6.96. The third-order valence-electron chi connectivity index (χ3n) is 2.46. The molecule has 5 heteroatoms. The minimum absolute atomic E-state index is 0.113. The largest absolute Gasteiger partial charge is 0.380 e. The van der Waals surface area contributed by atoms with E-state index in [2.05, 4.69) is 0 Å². The van der Waals surface area contributed by atoms with E-state index in [1.54, 1.807) is 26.4 Å². The number of pyridine rings is 1. The van der Waals surface area contributed by atoms with Gasteiger partial charge >= 0.3 is 0 Å². The zero-order valence-electron chi connectivity index (χ0n) is 11.2. The Labute approximate surface area is 107 Å². The lowest BCUT2D eigenvalue weighted by atomic mass is 10.2. The fourth-order valence-electron chi connectivity index (χ4n) is 1.50. The van der Waals surface area contributed by atoms with Crippen molar-refractivity contribution in [3.05, 3.63) is 34.2 Å². The van der Waals surface area contributed by atoms with Gasteiger partial charge in [-0.15, -0.1) is 0 Å². The highest BCUT2D eigenvalue weighted by Gasteiger charge is 2.09. The van der Waals surface area contributed by atoms with E-state index in [4.69, 9.17) is 4.74 Å². The van der Waals surface area contributed by atoms with Crippen molar-refractivity contribution in [3.8, 4) is 0 Å². The summed E-state index contributed by atoms with van der Waals surface area (Å²) in [5, 5.41) is 0. The molecule has 0 N–H and O–H groups in total. The Kier molecular flexibility index (Phi) is 5.58. The first kappa shape index (κ1) is 14.4. The molecule has 0 fully saturated rings. The van der Waals surface area contributed by atoms with Crippen LogP contribution in [0.4, 0.5) is 0 Å². The Morgan fingerprint density at radius 3 is 2.67 bits per heavy atom. The van der Waals surface area contributed by atoms with Crippen molar-refractivity contribution in [2.75, 3.05) is 27.3 Å². The normalized spacial score (nSPS) is 10.4. The van der Waals surface area contributed by atoms with Gasteiger partial charge in [-0.25, -0.2) is 0 Å². The number of hydrogen-bond acceptors (Lipinski definition) is 3. The third-order valence-corrected chi connectivity index (χ3v) is 2.46. The zero-order chi connectivity index (χ0) is 13.5. The summed E-state index contributed by atoms with van der Waals surface area (Å²) in [7, 11) is 3.37. The highest BCUT2D eigenvalue weighted by molar-refractivity contribution is 5.93. The average Bonchev–Trinajstić information content (AvgIpc) is 2.35. The molecule has 0 saturated carbocycles. The van der Waals surface area contributed by atoms with Crippen LogP contribution in [0.25, 0.3) is 0 Å². The van der Waals surface area contributed by atoms with Crippen LogP contribution in [0.15, 0.2) is 23.1 Å². The second-order valence-corrected chi connectivity index (χ2v) is 4.26. The van der Waals surface area contributed by atoms with Gasteiger partial charge in [-0.3, -0.25) is 9.59 Å². The van der Waals surface area contributed by atoms with E-state index in [9.17, 15) is 9.59 Å². The molecule has 0 aliphatic heterocycles. The summed E-state index contributed by atoms with van der Waals surface area (Å²) >= 11 is 0. The summed E-state index contributed by atoms with van der Waals surface area (Å²) in [6, 6.07) is 2.96. The number of amides is 1. The minimum atomic E-state index is -0.120. The monoisotopic (exact) mass is 252 g/mol. The highest BCUT2D eigenvalue weighted by Crippen LogP contribution is 1.99. The lowest BCUT2D eigenvalue weighted by Gasteiger charge is -2.12. The Morgan fingerprint density at radius 1 is 1.33 bits per heavy atom. The van der Waals surface area contributed by atoms with Crippen LogP contribution in [0.5, 0.6) is 0 Å². The third kappa shape index (κ3) is 4.00. The molecule has 0 saturated heterocycles. The first-order valence-corrected chi connectivity index (χ1v) is 6.06. The summed E-state index contributed by atoms with van der Waals surface area (Å²) in [5.74, 6) is -0.113. The molecule has 0 radical (unpaired) electrons. The number of aromatic nitrogens is 1. The number of nitrogens with zero attached hydrogens (tertiary/aromatic N) is 2. The lowest BCUT2D eigenvalue weighted by molar-refractivity contribution is 0.0826. The summed E-state index contributed by atoms with van der Waals surface area (Å²) in [6.07, 6.45) is 2.54. The molecule has 1 heterocycles. The first-order chi connectivity index (χ1) is 8.56. The van der Waals surface area contributed by atoms with Crippen LogP contribution in [0, 0.1) is 0 Å². The minimum Gasteiger partial charge on any atom is -0.380 e. The molecular formula is C13H20N2O3. The number of hydrogen-bond donors (Lipinski definition) is 0. The molecule has 0 unspecified atom stereocenters. The van der Waals surface area contributed by atoms with Gasteiger partial charge in [-0.1, -0.05) is 6.92 Å². The van der Waals surface area contributed by atoms with Crippen LogP contribution in [-0.4, -0.2) is 42.7 Å². The fraction of sp³-hybridized carbons (Fsp3) is 0.538. The number of carbonyl (C=O) groups is 1. The van der Waals surface area contributed by atoms with Crippen molar-refractivity contribution in [3.63, 3.8) is 0 Å². The maximum atomic E-state index is 11.8. The van der Waals surface area contributed by atoms with Crippen molar-refractivity contribution >= 4 is 5.91 Å². The molecule has 0 spiro atoms. The van der Waals surface area contributed by atoms with Crippen LogP contribution < -0.4 is 5.56 Å². The molecule has 1 aromatic rings. The number of carbonyl (C=O) groups excluding carboxylic acids is 1. The molecule has 0 aliphatic rings. The van der Waals surface area contributed by atoms with Gasteiger partial charge in [0.15, 0.2) is 0 Å². The fourth-order valence-corrected chi connectivity index (χ4v) is 1.50. The standard InChI is InChI=1S/C13H20N2O3/c1-4-8-18-9-7-15-10-11(5-6-12(15)16)13(17)14(2)3/h5-6,10H,4,7-9H2,1-3H3. The van der Waals surface area contributed by atoms with Crippen molar-refractivity contribution in [1.82, 2.24) is 9.47 Å². The molecule has 0 aromatic carbocycles. The SMILES string of the molecule is CCCOCCn1cc(C(=O)N(C)C)ccc1=O. The quantitative estimate of drug-likeness (QED) is 0.709. The summed E-state index contributed by atoms with van der Waals surface area (Å²) in [6.45, 7) is 3.66. The molecule has 5 nitrogen and oxygen atoms in total. The van der Waals surface area contributed by atoms with Crippen molar-refractivity contribution < 1.29 is 9.53 Å². The van der Waals surface area contributed by atoms with E-state index >= 15 is 0 Å². The van der Waals surface area contributed by atoms with Gasteiger partial charge in [0.05, 0.1) is 12.2 Å². The Hall–Kier alpha value is -1.62. The highest BCUT2D eigenvalue weighted by atomic mass is 16.5. The molecule has 1 rings (SSSR count). The van der Waals surface area contributed by atoms with E-state index in [0.717, 1.165) is 6.42 Å². The maximum Gasteiger partial charge on any atom is 0.254 e. The van der Waals surface area contributed by atoms with Crippen LogP contribution in [-0.2, 0) is 11.3 Å². The van der Waals surface area contributed by atoms with Gasteiger partial charge in [-0.05, 0) is 12.5 Å². The van der Waals surface area contributed by atoms with Gasteiger partial charge in [0, 0.05) is 39.5 Å². The van der Waals surface area contributed by atoms with Crippen LogP contribution in [0.3, 0.4) is 0 Å². The van der Waals surface area contributed by atoms with Crippen LogP contribution >= 0.6 is 0 Å². The summed E-state index contributed by atoms with van der Waals surface area (Å²) < 4.78 is 6.84. The molecule has 18 heavy (non-hydrogen) atoms. The molecule has 100 valence electrons.